The summed E-state index contributed by atoms with van der Waals surface area (Å²) in [7, 11) is 5.92. The van der Waals surface area contributed by atoms with E-state index in [4.69, 9.17) is 4.98 Å². The van der Waals surface area contributed by atoms with Crippen molar-refractivity contribution in [2.24, 2.45) is 0 Å². The number of hydrogen-bond donors (Lipinski definition) is 1. The monoisotopic (exact) mass is 1000 g/mol. The molecule has 0 fully saturated rings. The Hall–Kier alpha value is -6.54. The van der Waals surface area contributed by atoms with E-state index in [1.54, 1.807) is 12.3 Å². The van der Waals surface area contributed by atoms with Crippen LogP contribution in [-0.2, 0) is 33.8 Å². The van der Waals surface area contributed by atoms with E-state index in [1.165, 1.54) is 27.9 Å². The first-order valence-electron chi connectivity index (χ1n) is 20.0. The maximum atomic E-state index is 13.6. The number of para-hydroxylation sites is 4. The molecule has 10 heteroatoms. The van der Waals surface area contributed by atoms with Crippen molar-refractivity contribution in [3.8, 4) is 33.9 Å². The summed E-state index contributed by atoms with van der Waals surface area (Å²) in [6.07, 6.45) is -1.01. The van der Waals surface area contributed by atoms with E-state index in [-0.39, 0.29) is 21.1 Å². The molecule has 4 heterocycles. The minimum absolute atomic E-state index is 0. The molecule has 0 radical (unpaired) electrons. The molecule has 0 atom stereocenters. The largest absolute Gasteiger partial charge is 2.00 e. The zero-order chi connectivity index (χ0) is 42.3. The second-order valence-electron chi connectivity index (χ2n) is 15.1. The molecular formula is C52H41F3N6Pt. The van der Waals surface area contributed by atoms with Crippen molar-refractivity contribution >= 4 is 49.3 Å². The first-order valence-corrected chi connectivity index (χ1v) is 20.0. The van der Waals surface area contributed by atoms with Crippen molar-refractivity contribution in [3.05, 3.63) is 187 Å². The Labute approximate surface area is 372 Å². The number of nitrogens with zero attached hydrogens (tertiary/aromatic N) is 5. The first-order chi connectivity index (χ1) is 29.6. The fourth-order valence-corrected chi connectivity index (χ4v) is 8.13. The number of aryl methyl sites for hydroxylation is 1. The molecule has 10 rings (SSSR count). The van der Waals surface area contributed by atoms with Crippen molar-refractivity contribution in [2.45, 2.75) is 19.6 Å². The standard InChI is InChI=1S/C26H19F3N3.C26H22N3.Pt/c1-30-16-17-12-13-31-22(14-17)21-15-18(26(27,28)29)10-11-25(21)32-23-8-4-2-6-19(23)20-7-3-5-9-24(20)32;1-18-12-13-26(22(16-18)23-17-19(28(2)3)14-15-27-23)29-24-10-6-4-8-20(24)21-9-5-7-11-25(21)29;/h2-14,30H,16H2,1H3;4-15,17H,1-3H3;/q2*-1;+2. The molecule has 0 bridgehead atoms. The van der Waals surface area contributed by atoms with E-state index >= 15 is 0 Å². The van der Waals surface area contributed by atoms with E-state index in [2.05, 4.69) is 106 Å². The molecule has 0 aliphatic carbocycles. The Morgan fingerprint density at radius 2 is 1.03 bits per heavy atom. The smallest absolute Gasteiger partial charge is 0.378 e. The SMILES string of the molecule is CNCc1ccnc(-c2[c-]c(C(F)(F)F)ccc2-n2c3ccccc3c3ccccc32)c1.Cc1[c-]c(-c2cc(N(C)C)ccn2)c(-n2c3ccccc3c3ccccc32)cc1.[Pt+2]. The zero-order valence-electron chi connectivity index (χ0n) is 34.4. The summed E-state index contributed by atoms with van der Waals surface area (Å²) < 4.78 is 45.1. The van der Waals surface area contributed by atoms with Crippen LogP contribution in [0, 0.1) is 19.1 Å². The van der Waals surface area contributed by atoms with Crippen LogP contribution in [0.25, 0.3) is 77.5 Å². The maximum absolute atomic E-state index is 13.6. The molecule has 0 saturated heterocycles. The van der Waals surface area contributed by atoms with Crippen molar-refractivity contribution < 1.29 is 34.2 Å². The number of aromatic nitrogens is 4. The number of pyridine rings is 2. The van der Waals surface area contributed by atoms with Gasteiger partial charge in [-0.1, -0.05) is 91.9 Å². The molecule has 0 saturated carbocycles. The number of rotatable bonds is 7. The summed E-state index contributed by atoms with van der Waals surface area (Å²) in [6.45, 7) is 2.66. The summed E-state index contributed by atoms with van der Waals surface area (Å²) in [5.41, 5.74) is 10.9. The van der Waals surface area contributed by atoms with Gasteiger partial charge < -0.3 is 29.3 Å². The van der Waals surface area contributed by atoms with Crippen LogP contribution in [0.5, 0.6) is 0 Å². The fourth-order valence-electron chi connectivity index (χ4n) is 8.13. The van der Waals surface area contributed by atoms with E-state index < -0.39 is 11.7 Å². The molecule has 0 aliphatic heterocycles. The van der Waals surface area contributed by atoms with Crippen LogP contribution in [0.4, 0.5) is 18.9 Å². The number of nitrogens with one attached hydrogen (secondary N) is 1. The molecule has 1 N–H and O–H groups in total. The summed E-state index contributed by atoms with van der Waals surface area (Å²) in [5, 5.41) is 7.64. The Kier molecular flexibility index (Phi) is 11.9. The van der Waals surface area contributed by atoms with Crippen LogP contribution in [0.3, 0.4) is 0 Å². The van der Waals surface area contributed by atoms with E-state index in [9.17, 15) is 13.2 Å². The molecule has 4 aromatic heterocycles. The molecule has 6 nitrogen and oxygen atoms in total. The van der Waals surface area contributed by atoms with Crippen LogP contribution in [0.2, 0.25) is 0 Å². The average Bonchev–Trinajstić information content (AvgIpc) is 3.79. The third-order valence-corrected chi connectivity index (χ3v) is 10.9. The van der Waals surface area contributed by atoms with Gasteiger partial charge in [-0.3, -0.25) is 0 Å². The van der Waals surface area contributed by atoms with Gasteiger partial charge in [0, 0.05) is 82.3 Å². The van der Waals surface area contributed by atoms with Crippen LogP contribution < -0.4 is 10.2 Å². The summed E-state index contributed by atoms with van der Waals surface area (Å²) in [5.74, 6) is 0. The minimum atomic E-state index is -4.50. The molecule has 0 amide bonds. The number of anilines is 1. The van der Waals surface area contributed by atoms with Crippen molar-refractivity contribution in [2.75, 3.05) is 26.0 Å². The summed E-state index contributed by atoms with van der Waals surface area (Å²) in [4.78, 5) is 11.2. The van der Waals surface area contributed by atoms with Crippen LogP contribution in [-0.4, -0.2) is 40.2 Å². The van der Waals surface area contributed by atoms with Crippen molar-refractivity contribution in [1.29, 1.82) is 0 Å². The number of benzene rings is 6. The third-order valence-electron chi connectivity index (χ3n) is 10.9. The van der Waals surface area contributed by atoms with Gasteiger partial charge in [-0.15, -0.1) is 53.1 Å². The first kappa shape index (κ1) is 42.2. The molecular weight excluding hydrogens is 961 g/mol. The van der Waals surface area contributed by atoms with Crippen LogP contribution >= 0.6 is 0 Å². The predicted molar refractivity (Wildman–Crippen MR) is 243 cm³/mol. The van der Waals surface area contributed by atoms with Crippen molar-refractivity contribution in [1.82, 2.24) is 24.4 Å². The van der Waals surface area contributed by atoms with Gasteiger partial charge in [-0.05, 0) is 77.3 Å². The van der Waals surface area contributed by atoms with E-state index in [0.29, 0.717) is 23.5 Å². The molecule has 310 valence electrons. The summed E-state index contributed by atoms with van der Waals surface area (Å²) in [6, 6.07) is 53.8. The van der Waals surface area contributed by atoms with Gasteiger partial charge in [0.2, 0.25) is 0 Å². The number of halogens is 3. The molecule has 0 aliphatic rings. The maximum Gasteiger partial charge on any atom is 2.00 e. The van der Waals surface area contributed by atoms with Gasteiger partial charge in [0.05, 0.1) is 0 Å². The van der Waals surface area contributed by atoms with Gasteiger partial charge >= 0.3 is 27.2 Å². The minimum Gasteiger partial charge on any atom is -0.378 e. The molecule has 6 aromatic carbocycles. The van der Waals surface area contributed by atoms with E-state index in [1.807, 2.05) is 92.6 Å². The topological polar surface area (TPSA) is 50.9 Å². The summed E-state index contributed by atoms with van der Waals surface area (Å²) >= 11 is 0. The van der Waals surface area contributed by atoms with Crippen molar-refractivity contribution in [3.63, 3.8) is 0 Å². The Balaban J connectivity index is 0.000000169. The number of hydrogen-bond acceptors (Lipinski definition) is 4. The molecule has 0 spiro atoms. The van der Waals surface area contributed by atoms with Gasteiger partial charge in [-0.2, -0.15) is 13.2 Å². The zero-order valence-corrected chi connectivity index (χ0v) is 36.7. The second kappa shape index (κ2) is 17.4. The quantitative estimate of drug-likeness (QED) is 0.162. The van der Waals surface area contributed by atoms with E-state index in [0.717, 1.165) is 61.6 Å². The normalized spacial score (nSPS) is 11.5. The molecule has 62 heavy (non-hydrogen) atoms. The van der Waals surface area contributed by atoms with Gasteiger partial charge in [-0.25, -0.2) is 0 Å². The number of fused-ring (bicyclic) bond motifs is 6. The van der Waals surface area contributed by atoms with Crippen LogP contribution in [0.1, 0.15) is 16.7 Å². The molecule has 10 aromatic rings. The Bertz CT molecular complexity index is 3110. The fraction of sp³-hybridized carbons (Fsp3) is 0.115. The van der Waals surface area contributed by atoms with Gasteiger partial charge in [0.15, 0.2) is 0 Å². The van der Waals surface area contributed by atoms with Crippen LogP contribution in [0.15, 0.2) is 158 Å². The third kappa shape index (κ3) is 7.90. The Morgan fingerprint density at radius 3 is 1.52 bits per heavy atom. The average molecular weight is 1000 g/mol. The van der Waals surface area contributed by atoms with Gasteiger partial charge in [0.1, 0.15) is 0 Å². The Morgan fingerprint density at radius 1 is 0.581 bits per heavy atom. The predicted octanol–water partition coefficient (Wildman–Crippen LogP) is 12.4. The second-order valence-corrected chi connectivity index (χ2v) is 15.1. The number of alkyl halides is 3. The van der Waals surface area contributed by atoms with Gasteiger partial charge in [0.25, 0.3) is 0 Å². The molecule has 0 unspecified atom stereocenters.